The molecule has 0 aromatic heterocycles. The molecule has 0 saturated heterocycles. The zero-order valence-corrected chi connectivity index (χ0v) is 9.11. The van der Waals surface area contributed by atoms with Gasteiger partial charge in [-0.15, -0.1) is 0 Å². The summed E-state index contributed by atoms with van der Waals surface area (Å²) in [5, 5.41) is 8.49. The number of aliphatic carboxylic acids is 1. The van der Waals surface area contributed by atoms with Crippen molar-refractivity contribution in [2.75, 3.05) is 7.11 Å². The lowest BCUT2D eigenvalue weighted by Crippen LogP contribution is -1.90. The minimum Gasteiger partial charge on any atom is -0.496 e. The van der Waals surface area contributed by atoms with Crippen LogP contribution in [0.1, 0.15) is 5.56 Å². The van der Waals surface area contributed by atoms with Crippen molar-refractivity contribution >= 4 is 28.0 Å². The quantitative estimate of drug-likeness (QED) is 0.846. The highest BCUT2D eigenvalue weighted by Gasteiger charge is 2.03. The Balaban J connectivity index is 3.11. The second-order valence-electron chi connectivity index (χ2n) is 2.53. The second kappa shape index (κ2) is 4.81. The van der Waals surface area contributed by atoms with Gasteiger partial charge in [0.05, 0.1) is 7.11 Å². The number of methoxy groups -OCH3 is 1. The molecule has 0 spiro atoms. The molecule has 0 aliphatic heterocycles. The first-order chi connectivity index (χ1) is 6.65. The van der Waals surface area contributed by atoms with Crippen LogP contribution in [0.4, 0.5) is 0 Å². The minimum atomic E-state index is -0.984. The van der Waals surface area contributed by atoms with Crippen LogP contribution in [0.25, 0.3) is 6.08 Å². The van der Waals surface area contributed by atoms with Crippen LogP contribution in [0.5, 0.6) is 5.75 Å². The molecular weight excluding hydrogens is 248 g/mol. The van der Waals surface area contributed by atoms with Gasteiger partial charge in [0.2, 0.25) is 0 Å². The predicted molar refractivity (Wildman–Crippen MR) is 57.4 cm³/mol. The summed E-state index contributed by atoms with van der Waals surface area (Å²) < 4.78 is 5.88. The summed E-state index contributed by atoms with van der Waals surface area (Å²) in [7, 11) is 1.54. The fraction of sp³-hybridized carbons (Fsp3) is 0.100. The molecule has 14 heavy (non-hydrogen) atoms. The van der Waals surface area contributed by atoms with Crippen molar-refractivity contribution in [3.8, 4) is 5.75 Å². The van der Waals surface area contributed by atoms with Gasteiger partial charge in [-0.1, -0.05) is 22.0 Å². The van der Waals surface area contributed by atoms with E-state index in [9.17, 15) is 4.79 Å². The first-order valence-electron chi connectivity index (χ1n) is 3.88. The first-order valence-corrected chi connectivity index (χ1v) is 4.68. The Morgan fingerprint density at radius 3 is 2.86 bits per heavy atom. The topological polar surface area (TPSA) is 46.5 Å². The summed E-state index contributed by atoms with van der Waals surface area (Å²) in [5.41, 5.74) is 0.720. The molecule has 0 aliphatic rings. The van der Waals surface area contributed by atoms with Gasteiger partial charge in [-0.05, 0) is 18.2 Å². The van der Waals surface area contributed by atoms with Crippen LogP contribution < -0.4 is 4.74 Å². The van der Waals surface area contributed by atoms with Crippen molar-refractivity contribution in [3.05, 3.63) is 34.3 Å². The van der Waals surface area contributed by atoms with E-state index in [1.54, 1.807) is 13.2 Å². The molecule has 1 aromatic rings. The van der Waals surface area contributed by atoms with Gasteiger partial charge in [0.15, 0.2) is 0 Å². The smallest absolute Gasteiger partial charge is 0.328 e. The van der Waals surface area contributed by atoms with E-state index in [0.29, 0.717) is 5.75 Å². The van der Waals surface area contributed by atoms with Crippen LogP contribution in [0.3, 0.4) is 0 Å². The molecule has 0 aliphatic carbocycles. The average molecular weight is 257 g/mol. The third-order valence-corrected chi connectivity index (χ3v) is 2.32. The van der Waals surface area contributed by atoms with E-state index in [0.717, 1.165) is 16.1 Å². The van der Waals surface area contributed by atoms with E-state index in [-0.39, 0.29) is 0 Å². The normalized spacial score (nSPS) is 10.4. The summed E-state index contributed by atoms with van der Waals surface area (Å²) in [4.78, 5) is 10.3. The van der Waals surface area contributed by atoms with Crippen molar-refractivity contribution in [3.63, 3.8) is 0 Å². The van der Waals surface area contributed by atoms with Crippen molar-refractivity contribution in [2.24, 2.45) is 0 Å². The molecule has 0 atom stereocenters. The lowest BCUT2D eigenvalue weighted by atomic mass is 10.2. The van der Waals surface area contributed by atoms with E-state index in [2.05, 4.69) is 15.9 Å². The standard InChI is InChI=1S/C10H9BrO3/c1-14-9-4-2-3-8(11)7(9)5-6-10(12)13/h2-6H,1H3,(H,12,13). The fourth-order valence-corrected chi connectivity index (χ4v) is 1.49. The molecule has 0 unspecified atom stereocenters. The molecule has 0 heterocycles. The average Bonchev–Trinajstić information content (AvgIpc) is 2.15. The third kappa shape index (κ3) is 2.60. The second-order valence-corrected chi connectivity index (χ2v) is 3.38. The molecule has 1 rings (SSSR count). The van der Waals surface area contributed by atoms with Crippen molar-refractivity contribution in [2.45, 2.75) is 0 Å². The highest BCUT2D eigenvalue weighted by atomic mass is 79.9. The zero-order valence-electron chi connectivity index (χ0n) is 7.53. The SMILES string of the molecule is COc1cccc(Br)c1C=CC(=O)O. The van der Waals surface area contributed by atoms with Crippen LogP contribution in [-0.2, 0) is 4.79 Å². The molecule has 1 aromatic carbocycles. The summed E-state index contributed by atoms with van der Waals surface area (Å²) in [6, 6.07) is 5.41. The molecule has 1 N–H and O–H groups in total. The lowest BCUT2D eigenvalue weighted by Gasteiger charge is -2.05. The van der Waals surface area contributed by atoms with Gasteiger partial charge >= 0.3 is 5.97 Å². The van der Waals surface area contributed by atoms with Crippen molar-refractivity contribution in [1.82, 2.24) is 0 Å². The number of carboxylic acid groups (broad SMARTS) is 1. The van der Waals surface area contributed by atoms with Gasteiger partial charge in [0.25, 0.3) is 0 Å². The molecule has 0 fully saturated rings. The van der Waals surface area contributed by atoms with Gasteiger partial charge in [-0.25, -0.2) is 4.79 Å². The van der Waals surface area contributed by atoms with E-state index >= 15 is 0 Å². The van der Waals surface area contributed by atoms with E-state index in [1.165, 1.54) is 6.08 Å². The Labute approximate surface area is 90.1 Å². The number of carbonyl (C=O) groups is 1. The van der Waals surface area contributed by atoms with Crippen LogP contribution >= 0.6 is 15.9 Å². The molecule has 4 heteroatoms. The number of carboxylic acids is 1. The maximum absolute atomic E-state index is 10.3. The summed E-state index contributed by atoms with van der Waals surface area (Å²) in [6.07, 6.45) is 2.56. The van der Waals surface area contributed by atoms with Gasteiger partial charge in [-0.3, -0.25) is 0 Å². The first kappa shape index (κ1) is 10.8. The van der Waals surface area contributed by atoms with Gasteiger partial charge in [0.1, 0.15) is 5.75 Å². The fourth-order valence-electron chi connectivity index (χ4n) is 1.01. The van der Waals surface area contributed by atoms with E-state index < -0.39 is 5.97 Å². The maximum Gasteiger partial charge on any atom is 0.328 e. The Bertz CT molecular complexity index is 372. The molecule has 0 saturated carbocycles. The van der Waals surface area contributed by atoms with Gasteiger partial charge < -0.3 is 9.84 Å². The number of hydrogen-bond donors (Lipinski definition) is 1. The van der Waals surface area contributed by atoms with Crippen LogP contribution in [-0.4, -0.2) is 18.2 Å². The maximum atomic E-state index is 10.3. The number of halogens is 1. The summed E-state index contributed by atoms with van der Waals surface area (Å²) >= 11 is 3.31. The minimum absolute atomic E-state index is 0.636. The van der Waals surface area contributed by atoms with Crippen molar-refractivity contribution in [1.29, 1.82) is 0 Å². The third-order valence-electron chi connectivity index (χ3n) is 1.63. The molecule has 74 valence electrons. The summed E-state index contributed by atoms with van der Waals surface area (Å²) in [5.74, 6) is -0.348. The molecule has 0 bridgehead atoms. The Morgan fingerprint density at radius 1 is 1.57 bits per heavy atom. The highest BCUT2D eigenvalue weighted by molar-refractivity contribution is 9.10. The van der Waals surface area contributed by atoms with Crippen LogP contribution in [0, 0.1) is 0 Å². The zero-order chi connectivity index (χ0) is 10.6. The monoisotopic (exact) mass is 256 g/mol. The molecule has 0 amide bonds. The number of hydrogen-bond acceptors (Lipinski definition) is 2. The summed E-state index contributed by atoms with van der Waals surface area (Å²) in [6.45, 7) is 0. The van der Waals surface area contributed by atoms with Gasteiger partial charge in [0, 0.05) is 16.1 Å². The Kier molecular flexibility index (Phi) is 3.71. The Morgan fingerprint density at radius 2 is 2.29 bits per heavy atom. The van der Waals surface area contributed by atoms with E-state index in [4.69, 9.17) is 9.84 Å². The van der Waals surface area contributed by atoms with Crippen LogP contribution in [0.15, 0.2) is 28.7 Å². The van der Waals surface area contributed by atoms with Gasteiger partial charge in [-0.2, -0.15) is 0 Å². The molecular formula is C10H9BrO3. The number of benzene rings is 1. The van der Waals surface area contributed by atoms with Crippen LogP contribution in [0.2, 0.25) is 0 Å². The largest absolute Gasteiger partial charge is 0.496 e. The number of rotatable bonds is 3. The molecule has 3 nitrogen and oxygen atoms in total. The van der Waals surface area contributed by atoms with E-state index in [1.807, 2.05) is 12.1 Å². The Hall–Kier alpha value is -1.29. The molecule has 0 radical (unpaired) electrons. The highest BCUT2D eigenvalue weighted by Crippen LogP contribution is 2.27. The predicted octanol–water partition coefficient (Wildman–Crippen LogP) is 2.56. The number of ether oxygens (including phenoxy) is 1. The van der Waals surface area contributed by atoms with Crippen molar-refractivity contribution < 1.29 is 14.6 Å². The lowest BCUT2D eigenvalue weighted by molar-refractivity contribution is -0.131.